The second-order valence-corrected chi connectivity index (χ2v) is 9.15. The Kier molecular flexibility index (Phi) is 7.91. The van der Waals surface area contributed by atoms with E-state index >= 15 is 0 Å². The number of rotatable bonds is 10. The molecule has 174 valence electrons. The third kappa shape index (κ3) is 4.97. The van der Waals surface area contributed by atoms with Crippen LogP contribution >= 0.6 is 11.6 Å². The van der Waals surface area contributed by atoms with Crippen molar-refractivity contribution in [3.8, 4) is 0 Å². The Morgan fingerprint density at radius 1 is 1.31 bits per heavy atom. The molecule has 0 unspecified atom stereocenters. The minimum Gasteiger partial charge on any atom is -0.385 e. The van der Waals surface area contributed by atoms with Gasteiger partial charge in [0.05, 0.1) is 11.8 Å². The summed E-state index contributed by atoms with van der Waals surface area (Å²) in [6.07, 6.45) is 6.30. The molecule has 0 saturated heterocycles. The molecule has 32 heavy (non-hydrogen) atoms. The van der Waals surface area contributed by atoms with Crippen molar-refractivity contribution in [3.05, 3.63) is 57.3 Å². The molecule has 6 nitrogen and oxygen atoms in total. The highest BCUT2D eigenvalue weighted by molar-refractivity contribution is 6.31. The van der Waals surface area contributed by atoms with E-state index in [0.717, 1.165) is 58.9 Å². The smallest absolute Gasteiger partial charge is 0.142 e. The first kappa shape index (κ1) is 24.2. The number of nitrogens with zero attached hydrogens (tertiary/aromatic N) is 2. The van der Waals surface area contributed by atoms with Gasteiger partial charge in [-0.05, 0) is 50.8 Å². The number of allylic oxidation sites excluding steroid dienone is 1. The average molecular weight is 458 g/mol. The van der Waals surface area contributed by atoms with Crippen molar-refractivity contribution in [1.29, 1.82) is 0 Å². The molecular formula is C25H36ClN5O. The van der Waals surface area contributed by atoms with Gasteiger partial charge in [0, 0.05) is 29.6 Å². The standard InChI is InChI=1S/C25H36ClN5O/c1-6-8-9-10-19(30-18-13-11-17(12-14-18)15-32-5)20-21-23(27)28-16-29-24(21)31(22(20)26)25(3,4)7-2/h10-14,28,30H,6-9,15-16,27H2,1-5H3/b19-10-. The monoisotopic (exact) mass is 457 g/mol. The van der Waals surface area contributed by atoms with Crippen LogP contribution in [0.3, 0.4) is 0 Å². The second kappa shape index (κ2) is 10.5. The molecule has 7 heteroatoms. The number of nitrogens with one attached hydrogen (secondary N) is 2. The van der Waals surface area contributed by atoms with E-state index in [0.29, 0.717) is 24.2 Å². The fourth-order valence-electron chi connectivity index (χ4n) is 3.85. The number of anilines is 1. The molecule has 0 radical (unpaired) electrons. The molecule has 0 fully saturated rings. The van der Waals surface area contributed by atoms with Crippen LogP contribution in [-0.4, -0.2) is 18.3 Å². The van der Waals surface area contributed by atoms with Gasteiger partial charge in [0.15, 0.2) is 0 Å². The molecular weight excluding hydrogens is 422 g/mol. The van der Waals surface area contributed by atoms with Crippen LogP contribution in [-0.2, 0) is 16.9 Å². The predicted octanol–water partition coefficient (Wildman–Crippen LogP) is 4.28. The summed E-state index contributed by atoms with van der Waals surface area (Å²) < 4.78 is 7.36. The lowest BCUT2D eigenvalue weighted by Crippen LogP contribution is -2.47. The van der Waals surface area contributed by atoms with Crippen LogP contribution in [0.1, 0.15) is 64.5 Å². The summed E-state index contributed by atoms with van der Waals surface area (Å²) in [5.74, 6) is 0.608. The van der Waals surface area contributed by atoms with Gasteiger partial charge in [0.1, 0.15) is 23.1 Å². The Morgan fingerprint density at radius 2 is 2.03 bits per heavy atom. The van der Waals surface area contributed by atoms with E-state index < -0.39 is 0 Å². The van der Waals surface area contributed by atoms with Crippen molar-refractivity contribution in [1.82, 2.24) is 9.88 Å². The zero-order valence-corrected chi connectivity index (χ0v) is 20.6. The molecule has 1 aliphatic heterocycles. The van der Waals surface area contributed by atoms with Crippen LogP contribution in [0, 0.1) is 0 Å². The Labute approximate surface area is 196 Å². The van der Waals surface area contributed by atoms with E-state index in [1.807, 2.05) is 0 Å². The predicted molar refractivity (Wildman–Crippen MR) is 134 cm³/mol. The normalized spacial score (nSPS) is 14.1. The molecule has 2 heterocycles. The van der Waals surface area contributed by atoms with E-state index in [-0.39, 0.29) is 5.54 Å². The van der Waals surface area contributed by atoms with Gasteiger partial charge in [0.25, 0.3) is 0 Å². The van der Waals surface area contributed by atoms with E-state index in [9.17, 15) is 0 Å². The number of halogens is 1. The summed E-state index contributed by atoms with van der Waals surface area (Å²) in [6, 6.07) is 8.25. The van der Waals surface area contributed by atoms with Crippen LogP contribution in [0.2, 0.25) is 5.15 Å². The minimum atomic E-state index is -0.198. The molecule has 0 bridgehead atoms. The van der Waals surface area contributed by atoms with E-state index in [4.69, 9.17) is 27.1 Å². The van der Waals surface area contributed by atoms with Crippen molar-refractivity contribution in [2.24, 2.45) is 10.7 Å². The fourth-order valence-corrected chi connectivity index (χ4v) is 4.36. The SMILES string of the molecule is CCCC/C=C(\Nc1ccc(COC)cc1)c1c(Cl)n(C(C)(C)CC)c2c1=C(N)NCN=2. The van der Waals surface area contributed by atoms with Gasteiger partial charge in [-0.1, -0.05) is 50.1 Å². The summed E-state index contributed by atoms with van der Waals surface area (Å²) >= 11 is 7.10. The summed E-state index contributed by atoms with van der Waals surface area (Å²) in [7, 11) is 1.70. The van der Waals surface area contributed by atoms with Gasteiger partial charge in [-0.15, -0.1) is 0 Å². The number of benzene rings is 1. The highest BCUT2D eigenvalue weighted by atomic mass is 35.5. The largest absolute Gasteiger partial charge is 0.385 e. The van der Waals surface area contributed by atoms with E-state index in [1.54, 1.807) is 7.11 Å². The Hall–Kier alpha value is -2.44. The van der Waals surface area contributed by atoms with Gasteiger partial charge >= 0.3 is 0 Å². The Balaban J connectivity index is 2.17. The molecule has 4 N–H and O–H groups in total. The van der Waals surface area contributed by atoms with Crippen molar-refractivity contribution in [2.45, 2.75) is 65.5 Å². The van der Waals surface area contributed by atoms with Gasteiger partial charge in [0.2, 0.25) is 0 Å². The lowest BCUT2D eigenvalue weighted by Gasteiger charge is -2.27. The van der Waals surface area contributed by atoms with E-state index in [1.165, 1.54) is 0 Å². The number of nitrogens with two attached hydrogens (primary N) is 1. The molecule has 0 atom stereocenters. The lowest BCUT2D eigenvalue weighted by atomic mass is 10.0. The molecule has 0 amide bonds. The molecule has 1 aromatic heterocycles. The zero-order valence-electron chi connectivity index (χ0n) is 19.9. The molecule has 0 aliphatic carbocycles. The Morgan fingerprint density at radius 3 is 2.66 bits per heavy atom. The maximum atomic E-state index is 7.10. The van der Waals surface area contributed by atoms with Gasteiger partial charge in [-0.2, -0.15) is 0 Å². The van der Waals surface area contributed by atoms with Crippen LogP contribution in [0.15, 0.2) is 35.3 Å². The summed E-state index contributed by atoms with van der Waals surface area (Å²) in [5.41, 5.74) is 11.1. The minimum absolute atomic E-state index is 0.198. The number of methoxy groups -OCH3 is 1. The topological polar surface area (TPSA) is 76.6 Å². The maximum Gasteiger partial charge on any atom is 0.142 e. The maximum absolute atomic E-state index is 7.10. The number of hydrogen-bond donors (Lipinski definition) is 3. The van der Waals surface area contributed by atoms with Crippen LogP contribution in [0.4, 0.5) is 5.69 Å². The van der Waals surface area contributed by atoms with Crippen molar-refractivity contribution >= 4 is 28.8 Å². The first-order valence-electron chi connectivity index (χ1n) is 11.4. The van der Waals surface area contributed by atoms with Gasteiger partial charge < -0.3 is 25.7 Å². The quantitative estimate of drug-likeness (QED) is 0.465. The summed E-state index contributed by atoms with van der Waals surface area (Å²) in [6.45, 7) is 9.75. The third-order valence-corrected chi connectivity index (χ3v) is 6.40. The van der Waals surface area contributed by atoms with Crippen molar-refractivity contribution < 1.29 is 4.74 Å². The van der Waals surface area contributed by atoms with Crippen molar-refractivity contribution in [3.63, 3.8) is 0 Å². The van der Waals surface area contributed by atoms with Crippen LogP contribution in [0.5, 0.6) is 0 Å². The number of aromatic nitrogens is 1. The summed E-state index contributed by atoms with van der Waals surface area (Å²) in [4.78, 5) is 4.75. The fraction of sp³-hybridized carbons (Fsp3) is 0.480. The molecule has 2 aromatic rings. The first-order valence-corrected chi connectivity index (χ1v) is 11.8. The summed E-state index contributed by atoms with van der Waals surface area (Å²) in [5, 5.41) is 8.31. The average Bonchev–Trinajstić information content (AvgIpc) is 3.08. The molecule has 3 rings (SSSR count). The second-order valence-electron chi connectivity index (χ2n) is 8.79. The number of hydrogen-bond acceptors (Lipinski definition) is 5. The number of ether oxygens (including phenoxy) is 1. The highest BCUT2D eigenvalue weighted by Crippen LogP contribution is 2.29. The van der Waals surface area contributed by atoms with Crippen LogP contribution in [0.25, 0.3) is 11.5 Å². The highest BCUT2D eigenvalue weighted by Gasteiger charge is 2.29. The Bertz CT molecular complexity index is 1080. The van der Waals surface area contributed by atoms with Crippen molar-refractivity contribution in [2.75, 3.05) is 19.1 Å². The third-order valence-electron chi connectivity index (χ3n) is 6.05. The van der Waals surface area contributed by atoms with Gasteiger partial charge in [-0.3, -0.25) is 0 Å². The molecule has 1 aromatic carbocycles. The number of fused-ring (bicyclic) bond motifs is 1. The van der Waals surface area contributed by atoms with Crippen LogP contribution < -0.4 is 27.1 Å². The number of unbranched alkanes of at least 4 members (excludes halogenated alkanes) is 2. The first-order chi connectivity index (χ1) is 15.3. The molecule has 0 spiro atoms. The van der Waals surface area contributed by atoms with Gasteiger partial charge in [-0.25, -0.2) is 4.99 Å². The van der Waals surface area contributed by atoms with E-state index in [2.05, 4.69) is 73.2 Å². The lowest BCUT2D eigenvalue weighted by molar-refractivity contribution is 0.185. The molecule has 0 saturated carbocycles. The zero-order chi connectivity index (χ0) is 23.3. The molecule has 1 aliphatic rings.